The topological polar surface area (TPSA) is 9.86 Å². The maximum atomic E-state index is 2.46. The zero-order valence-electron chi connectivity index (χ0n) is 41.1. The Morgan fingerprint density at radius 1 is 0.184 bits per heavy atom. The van der Waals surface area contributed by atoms with Crippen molar-refractivity contribution in [2.75, 3.05) is 0 Å². The molecule has 76 heavy (non-hydrogen) atoms. The van der Waals surface area contributed by atoms with Crippen LogP contribution in [0.4, 0.5) is 0 Å². The van der Waals surface area contributed by atoms with Crippen LogP contribution >= 0.6 is 22.7 Å². The lowest BCUT2D eigenvalue weighted by atomic mass is 9.87. The molecule has 0 saturated heterocycles. The average Bonchev–Trinajstić information content (AvgIpc) is 4.39. The summed E-state index contributed by atoms with van der Waals surface area (Å²) in [5.74, 6) is 0. The summed E-state index contributed by atoms with van der Waals surface area (Å²) in [5.41, 5.74) is 14.7. The Bertz CT molecular complexity index is 4480. The second-order valence-electron chi connectivity index (χ2n) is 19.8. The highest BCUT2D eigenvalue weighted by molar-refractivity contribution is 7.25. The van der Waals surface area contributed by atoms with Gasteiger partial charge in [0.05, 0.1) is 33.4 Å². The molecular weight excluding hydrogens is 957 g/mol. The van der Waals surface area contributed by atoms with Gasteiger partial charge in [-0.2, -0.15) is 0 Å². The fourth-order valence-corrected chi connectivity index (χ4v) is 15.0. The summed E-state index contributed by atoms with van der Waals surface area (Å²) in [6.07, 6.45) is 0. The van der Waals surface area contributed by atoms with Crippen molar-refractivity contribution in [3.05, 3.63) is 267 Å². The first-order chi connectivity index (χ1) is 37.8. The van der Waals surface area contributed by atoms with E-state index < -0.39 is 0 Å². The van der Waals surface area contributed by atoms with E-state index in [2.05, 4.69) is 276 Å². The number of thiophene rings is 2. The van der Waals surface area contributed by atoms with Gasteiger partial charge in [-0.1, -0.05) is 206 Å². The van der Waals surface area contributed by atoms with Crippen molar-refractivity contribution >= 4 is 109 Å². The first-order valence-electron chi connectivity index (χ1n) is 26.0. The van der Waals surface area contributed by atoms with Crippen LogP contribution in [0.15, 0.2) is 267 Å². The molecule has 0 fully saturated rings. The summed E-state index contributed by atoms with van der Waals surface area (Å²) in [4.78, 5) is 5.07. The van der Waals surface area contributed by atoms with E-state index in [1.807, 2.05) is 22.7 Å². The molecule has 0 N–H and O–H groups in total. The van der Waals surface area contributed by atoms with Gasteiger partial charge >= 0.3 is 0 Å². The summed E-state index contributed by atoms with van der Waals surface area (Å²) in [5, 5.41) is 15.1. The van der Waals surface area contributed by atoms with E-state index in [1.54, 1.807) is 0 Å². The number of fused-ring (bicyclic) bond motifs is 10. The summed E-state index contributed by atoms with van der Waals surface area (Å²) in [6, 6.07) is 98.8. The summed E-state index contributed by atoms with van der Waals surface area (Å²) < 4.78 is 4.93. The van der Waals surface area contributed by atoms with E-state index in [0.29, 0.717) is 0 Å². The largest absolute Gasteiger partial charge is 0.309 e. The van der Waals surface area contributed by atoms with Crippen LogP contribution < -0.4 is 0 Å². The highest BCUT2D eigenvalue weighted by Crippen LogP contribution is 2.52. The molecule has 0 radical (unpaired) electrons. The first kappa shape index (κ1) is 43.1. The average molecular weight is 1000 g/mol. The van der Waals surface area contributed by atoms with Crippen LogP contribution in [0.5, 0.6) is 0 Å². The highest BCUT2D eigenvalue weighted by Gasteiger charge is 2.24. The molecule has 0 aliphatic carbocycles. The number of aromatic nitrogens is 2. The number of hydrogen-bond donors (Lipinski definition) is 0. The Balaban J connectivity index is 0.838. The molecule has 0 atom stereocenters. The molecular formula is C72H44N2S2. The third-order valence-corrected chi connectivity index (χ3v) is 18.2. The van der Waals surface area contributed by atoms with Crippen molar-refractivity contribution in [2.45, 2.75) is 0 Å². The molecule has 0 saturated carbocycles. The highest BCUT2D eigenvalue weighted by atomic mass is 32.1. The van der Waals surface area contributed by atoms with Gasteiger partial charge < -0.3 is 9.13 Å². The van der Waals surface area contributed by atoms with Crippen LogP contribution in [0.3, 0.4) is 0 Å². The minimum absolute atomic E-state index is 1.18. The van der Waals surface area contributed by atoms with E-state index in [1.165, 1.54) is 151 Å². The molecule has 4 heterocycles. The van der Waals surface area contributed by atoms with Gasteiger partial charge in [0.2, 0.25) is 0 Å². The SMILES string of the molecule is c1ccc(-n2c3ccccc3c3ccccc32)c(-c2c3ccccc3c(-c3ccc(-c4ccc(-c5c6ccccc6c(-c6ccccc6-n6c7ccccc7c7ccccc76)c6ccccc56)s4)s3)c3ccccc23)c1. The molecule has 0 bridgehead atoms. The van der Waals surface area contributed by atoms with Gasteiger partial charge in [-0.25, -0.2) is 0 Å². The molecule has 12 aromatic carbocycles. The van der Waals surface area contributed by atoms with Crippen LogP contribution in [-0.4, -0.2) is 9.13 Å². The zero-order chi connectivity index (χ0) is 49.8. The minimum Gasteiger partial charge on any atom is -0.309 e. The summed E-state index contributed by atoms with van der Waals surface area (Å²) in [7, 11) is 0. The van der Waals surface area contributed by atoms with Crippen molar-refractivity contribution in [3.8, 4) is 64.3 Å². The predicted octanol–water partition coefficient (Wildman–Crippen LogP) is 21.0. The summed E-state index contributed by atoms with van der Waals surface area (Å²) in [6.45, 7) is 0. The Morgan fingerprint density at radius 2 is 0.408 bits per heavy atom. The van der Waals surface area contributed by atoms with Crippen LogP contribution in [0, 0.1) is 0 Å². The third kappa shape index (κ3) is 6.38. The van der Waals surface area contributed by atoms with Gasteiger partial charge in [-0.3, -0.25) is 0 Å². The van der Waals surface area contributed by atoms with Gasteiger partial charge in [-0.15, -0.1) is 22.7 Å². The van der Waals surface area contributed by atoms with Crippen LogP contribution in [0.25, 0.3) is 151 Å². The number of rotatable bonds is 7. The molecule has 2 nitrogen and oxygen atoms in total. The van der Waals surface area contributed by atoms with Crippen LogP contribution in [-0.2, 0) is 0 Å². The zero-order valence-corrected chi connectivity index (χ0v) is 42.7. The van der Waals surface area contributed by atoms with Gasteiger partial charge in [0.15, 0.2) is 0 Å². The quantitative estimate of drug-likeness (QED) is 0.141. The number of para-hydroxylation sites is 6. The van der Waals surface area contributed by atoms with Gasteiger partial charge in [0.1, 0.15) is 0 Å². The van der Waals surface area contributed by atoms with Gasteiger partial charge in [0, 0.05) is 63.3 Å². The van der Waals surface area contributed by atoms with E-state index in [9.17, 15) is 0 Å². The molecule has 16 aromatic rings. The fraction of sp³-hybridized carbons (Fsp3) is 0. The molecule has 0 spiro atoms. The Hall–Kier alpha value is -9.32. The lowest BCUT2D eigenvalue weighted by Gasteiger charge is -2.20. The number of nitrogens with zero attached hydrogens (tertiary/aromatic N) is 2. The van der Waals surface area contributed by atoms with Crippen LogP contribution in [0.2, 0.25) is 0 Å². The van der Waals surface area contributed by atoms with Crippen molar-refractivity contribution in [2.24, 2.45) is 0 Å². The molecule has 16 rings (SSSR count). The van der Waals surface area contributed by atoms with Gasteiger partial charge in [0.25, 0.3) is 0 Å². The normalized spacial score (nSPS) is 11.9. The van der Waals surface area contributed by atoms with E-state index in [-0.39, 0.29) is 0 Å². The monoisotopic (exact) mass is 1000 g/mol. The second-order valence-corrected chi connectivity index (χ2v) is 22.0. The first-order valence-corrected chi connectivity index (χ1v) is 27.6. The van der Waals surface area contributed by atoms with Crippen molar-refractivity contribution in [1.82, 2.24) is 9.13 Å². The second kappa shape index (κ2) is 17.1. The molecule has 0 aliphatic heterocycles. The molecule has 0 aliphatic rings. The Morgan fingerprint density at radius 3 is 0.711 bits per heavy atom. The predicted molar refractivity (Wildman–Crippen MR) is 328 cm³/mol. The Labute approximate surface area is 446 Å². The van der Waals surface area contributed by atoms with Crippen LogP contribution in [0.1, 0.15) is 0 Å². The van der Waals surface area contributed by atoms with Crippen molar-refractivity contribution in [1.29, 1.82) is 0 Å². The lowest BCUT2D eigenvalue weighted by Crippen LogP contribution is -1.98. The lowest BCUT2D eigenvalue weighted by molar-refractivity contribution is 1.18. The maximum Gasteiger partial charge on any atom is 0.0541 e. The molecule has 354 valence electrons. The van der Waals surface area contributed by atoms with Crippen molar-refractivity contribution in [3.63, 3.8) is 0 Å². The molecule has 0 amide bonds. The smallest absolute Gasteiger partial charge is 0.0541 e. The van der Waals surface area contributed by atoms with Crippen molar-refractivity contribution < 1.29 is 0 Å². The summed E-state index contributed by atoms with van der Waals surface area (Å²) >= 11 is 3.79. The molecule has 0 unspecified atom stereocenters. The Kier molecular flexibility index (Phi) is 9.71. The molecule has 4 heteroatoms. The third-order valence-electron chi connectivity index (χ3n) is 15.8. The maximum absolute atomic E-state index is 2.46. The van der Waals surface area contributed by atoms with Gasteiger partial charge in [-0.05, 0) is 115 Å². The van der Waals surface area contributed by atoms with E-state index in [0.717, 1.165) is 0 Å². The molecule has 4 aromatic heterocycles. The standard InChI is InChI=1S/C72H44N2S2/c1-5-29-53-49(25-1)69(57-33-13-19-39-63(57)73-59-35-15-9-21-45(59)46-22-10-16-36-60(46)73)50-26-2-6-30-54(50)71(53)67-43-41-65(75-67)66-42-44-68(76-66)72-55-31-7-3-27-51(55)70(52-28-4-8-32-56(52)72)58-34-14-20-40-64(58)74-61-37-17-11-23-47(61)48-24-12-18-38-62(48)74/h1-44H. The minimum atomic E-state index is 1.18. The van der Waals surface area contributed by atoms with E-state index >= 15 is 0 Å². The number of hydrogen-bond acceptors (Lipinski definition) is 2. The fourth-order valence-electron chi connectivity index (χ4n) is 12.7. The number of benzene rings is 12. The van der Waals surface area contributed by atoms with E-state index in [4.69, 9.17) is 0 Å².